The number of nitrogens with one attached hydrogen (secondary N) is 1. The van der Waals surface area contributed by atoms with Crippen molar-refractivity contribution in [3.05, 3.63) is 23.8 Å². The highest BCUT2D eigenvalue weighted by Gasteiger charge is 2.32. The summed E-state index contributed by atoms with van der Waals surface area (Å²) in [6, 6.07) is 5.26. The number of benzene rings is 1. The number of hydrogen-bond acceptors (Lipinski definition) is 4. The maximum Gasteiger partial charge on any atom is 0.251 e. The average Bonchev–Trinajstić information content (AvgIpc) is 2.70. The number of hydrogen-bond donors (Lipinski definition) is 3. The van der Waals surface area contributed by atoms with Crippen molar-refractivity contribution in [2.75, 3.05) is 30.3 Å². The van der Waals surface area contributed by atoms with E-state index >= 15 is 0 Å². The molecule has 1 atom stereocenters. The first-order valence-electron chi connectivity index (χ1n) is 6.58. The highest BCUT2D eigenvalue weighted by atomic mass is 16.3. The number of β-amino-alcohol motifs (C(OH)–C–C–N with tert-alkyl or cyclic N) is 1. The van der Waals surface area contributed by atoms with Crippen LogP contribution in [0.1, 0.15) is 30.6 Å². The molecule has 1 heterocycles. The Morgan fingerprint density at radius 3 is 2.89 bits per heavy atom. The molecule has 1 saturated heterocycles. The number of anilines is 2. The molecular weight excluding hydrogens is 242 g/mol. The molecular formula is C14H21N3O2. The molecule has 1 aliphatic rings. The number of rotatable bonds is 3. The molecule has 4 N–H and O–H groups in total. The molecule has 1 amide bonds. The molecule has 5 nitrogen and oxygen atoms in total. The van der Waals surface area contributed by atoms with Crippen LogP contribution in [0, 0.1) is 0 Å². The fourth-order valence-electron chi connectivity index (χ4n) is 2.37. The lowest BCUT2D eigenvalue weighted by atomic mass is 10.1. The summed E-state index contributed by atoms with van der Waals surface area (Å²) >= 11 is 0. The van der Waals surface area contributed by atoms with Gasteiger partial charge in [-0.25, -0.2) is 0 Å². The number of amides is 1. The zero-order valence-corrected chi connectivity index (χ0v) is 11.4. The van der Waals surface area contributed by atoms with Gasteiger partial charge in [-0.05, 0) is 38.5 Å². The summed E-state index contributed by atoms with van der Waals surface area (Å²) in [4.78, 5) is 13.9. The quantitative estimate of drug-likeness (QED) is 0.710. The maximum atomic E-state index is 11.8. The van der Waals surface area contributed by atoms with Gasteiger partial charge in [-0.3, -0.25) is 4.79 Å². The largest absolute Gasteiger partial charge is 0.397 e. The third kappa shape index (κ3) is 2.98. The second-order valence-corrected chi connectivity index (χ2v) is 5.30. The summed E-state index contributed by atoms with van der Waals surface area (Å²) in [5.41, 5.74) is 7.34. The van der Waals surface area contributed by atoms with Crippen molar-refractivity contribution in [3.8, 4) is 0 Å². The SMILES string of the molecule is CCNC(=O)c1ccc(N)c(N2CCC(C)(O)C2)c1. The van der Waals surface area contributed by atoms with E-state index in [0.29, 0.717) is 30.8 Å². The molecule has 1 aliphatic heterocycles. The summed E-state index contributed by atoms with van der Waals surface area (Å²) in [5, 5.41) is 12.8. The van der Waals surface area contributed by atoms with E-state index in [9.17, 15) is 9.90 Å². The molecule has 1 fully saturated rings. The number of aliphatic hydroxyl groups is 1. The van der Waals surface area contributed by atoms with Gasteiger partial charge >= 0.3 is 0 Å². The van der Waals surface area contributed by atoms with Crippen LogP contribution in [0.3, 0.4) is 0 Å². The Morgan fingerprint density at radius 1 is 1.58 bits per heavy atom. The number of nitrogens with two attached hydrogens (primary N) is 1. The molecule has 19 heavy (non-hydrogen) atoms. The first-order valence-corrected chi connectivity index (χ1v) is 6.58. The monoisotopic (exact) mass is 263 g/mol. The lowest BCUT2D eigenvalue weighted by Crippen LogP contribution is -2.30. The Balaban J connectivity index is 2.25. The van der Waals surface area contributed by atoms with Crippen LogP contribution in [0.2, 0.25) is 0 Å². The molecule has 1 aromatic carbocycles. The van der Waals surface area contributed by atoms with Gasteiger partial charge in [0.05, 0.1) is 17.0 Å². The minimum absolute atomic E-state index is 0.102. The van der Waals surface area contributed by atoms with Gasteiger partial charge in [0.2, 0.25) is 0 Å². The standard InChI is InChI=1S/C14H21N3O2/c1-3-16-13(18)10-4-5-11(15)12(8-10)17-7-6-14(2,19)9-17/h4-5,8,19H,3,6-7,9,15H2,1-2H3,(H,16,18). The van der Waals surface area contributed by atoms with Gasteiger partial charge in [0.1, 0.15) is 0 Å². The van der Waals surface area contributed by atoms with Gasteiger partial charge in [-0.2, -0.15) is 0 Å². The number of nitrogen functional groups attached to an aromatic ring is 1. The molecule has 0 radical (unpaired) electrons. The van der Waals surface area contributed by atoms with E-state index in [1.54, 1.807) is 18.2 Å². The van der Waals surface area contributed by atoms with Crippen LogP contribution < -0.4 is 16.0 Å². The molecule has 0 spiro atoms. The zero-order chi connectivity index (χ0) is 14.0. The predicted molar refractivity (Wildman–Crippen MR) is 76.3 cm³/mol. The van der Waals surface area contributed by atoms with E-state index in [4.69, 9.17) is 5.73 Å². The Labute approximate surface area is 113 Å². The van der Waals surface area contributed by atoms with Gasteiger partial charge in [0, 0.05) is 25.2 Å². The minimum atomic E-state index is -0.686. The van der Waals surface area contributed by atoms with Crippen LogP contribution in [-0.2, 0) is 0 Å². The molecule has 0 aromatic heterocycles. The third-order valence-electron chi connectivity index (χ3n) is 3.42. The van der Waals surface area contributed by atoms with Crippen molar-refractivity contribution >= 4 is 17.3 Å². The Hall–Kier alpha value is -1.75. The number of carbonyl (C=O) groups excluding carboxylic acids is 1. The summed E-state index contributed by atoms with van der Waals surface area (Å²) < 4.78 is 0. The summed E-state index contributed by atoms with van der Waals surface area (Å²) in [5.74, 6) is -0.102. The van der Waals surface area contributed by atoms with Crippen LogP contribution in [0.5, 0.6) is 0 Å². The van der Waals surface area contributed by atoms with E-state index in [0.717, 1.165) is 12.2 Å². The van der Waals surface area contributed by atoms with Crippen molar-refractivity contribution in [2.24, 2.45) is 0 Å². The first kappa shape index (κ1) is 13.7. The lowest BCUT2D eigenvalue weighted by Gasteiger charge is -2.22. The molecule has 2 rings (SSSR count). The number of carbonyl (C=O) groups is 1. The fraction of sp³-hybridized carbons (Fsp3) is 0.500. The molecule has 104 valence electrons. The van der Waals surface area contributed by atoms with Crippen LogP contribution in [0.15, 0.2) is 18.2 Å². The van der Waals surface area contributed by atoms with Crippen molar-refractivity contribution in [1.29, 1.82) is 0 Å². The number of nitrogens with zero attached hydrogens (tertiary/aromatic N) is 1. The summed E-state index contributed by atoms with van der Waals surface area (Å²) in [6.45, 7) is 5.58. The van der Waals surface area contributed by atoms with Gasteiger partial charge in [-0.1, -0.05) is 0 Å². The van der Waals surface area contributed by atoms with Gasteiger partial charge in [0.25, 0.3) is 5.91 Å². The van der Waals surface area contributed by atoms with Crippen LogP contribution in [0.25, 0.3) is 0 Å². The van der Waals surface area contributed by atoms with E-state index in [-0.39, 0.29) is 5.91 Å². The molecule has 5 heteroatoms. The van der Waals surface area contributed by atoms with E-state index < -0.39 is 5.60 Å². The summed E-state index contributed by atoms with van der Waals surface area (Å²) in [6.07, 6.45) is 0.706. The van der Waals surface area contributed by atoms with Gasteiger partial charge in [0.15, 0.2) is 0 Å². The maximum absolute atomic E-state index is 11.8. The predicted octanol–water partition coefficient (Wildman–Crippen LogP) is 0.980. The highest BCUT2D eigenvalue weighted by Crippen LogP contribution is 2.31. The van der Waals surface area contributed by atoms with Crippen molar-refractivity contribution in [2.45, 2.75) is 25.9 Å². The van der Waals surface area contributed by atoms with E-state index in [2.05, 4.69) is 5.32 Å². The normalized spacial score (nSPS) is 22.6. The van der Waals surface area contributed by atoms with Crippen molar-refractivity contribution < 1.29 is 9.90 Å². The molecule has 1 aromatic rings. The molecule has 0 bridgehead atoms. The highest BCUT2D eigenvalue weighted by molar-refractivity contribution is 5.96. The molecule has 1 unspecified atom stereocenters. The lowest BCUT2D eigenvalue weighted by molar-refractivity contribution is 0.0839. The van der Waals surface area contributed by atoms with Crippen molar-refractivity contribution in [3.63, 3.8) is 0 Å². The smallest absolute Gasteiger partial charge is 0.251 e. The van der Waals surface area contributed by atoms with Gasteiger partial charge in [-0.15, -0.1) is 0 Å². The Kier molecular flexibility index (Phi) is 3.66. The Bertz CT molecular complexity index is 486. The second kappa shape index (κ2) is 5.09. The fourth-order valence-corrected chi connectivity index (χ4v) is 2.37. The zero-order valence-electron chi connectivity index (χ0n) is 11.4. The van der Waals surface area contributed by atoms with Crippen molar-refractivity contribution in [1.82, 2.24) is 5.32 Å². The molecule has 0 saturated carbocycles. The third-order valence-corrected chi connectivity index (χ3v) is 3.42. The van der Waals surface area contributed by atoms with Crippen LogP contribution >= 0.6 is 0 Å². The minimum Gasteiger partial charge on any atom is -0.397 e. The van der Waals surface area contributed by atoms with Crippen LogP contribution in [0.4, 0.5) is 11.4 Å². The summed E-state index contributed by atoms with van der Waals surface area (Å²) in [7, 11) is 0. The average molecular weight is 263 g/mol. The Morgan fingerprint density at radius 2 is 2.32 bits per heavy atom. The van der Waals surface area contributed by atoms with E-state index in [1.807, 2.05) is 18.7 Å². The first-order chi connectivity index (χ1) is 8.93. The second-order valence-electron chi connectivity index (χ2n) is 5.30. The van der Waals surface area contributed by atoms with Crippen LogP contribution in [-0.4, -0.2) is 36.2 Å². The molecule has 0 aliphatic carbocycles. The van der Waals surface area contributed by atoms with E-state index in [1.165, 1.54) is 0 Å². The van der Waals surface area contributed by atoms with Gasteiger partial charge < -0.3 is 21.1 Å². The topological polar surface area (TPSA) is 78.6 Å².